The quantitative estimate of drug-likeness (QED) is 0.477. The lowest BCUT2D eigenvalue weighted by Gasteiger charge is -2.10. The van der Waals surface area contributed by atoms with Crippen LogP contribution in [0.25, 0.3) is 11.3 Å². The summed E-state index contributed by atoms with van der Waals surface area (Å²) in [4.78, 5) is 21.4. The second-order valence-electron chi connectivity index (χ2n) is 6.36. The SMILES string of the molecule is Cc1c(CC(=O)c2ccc(CNCCO)cn2)ccnc1-c1ccccc1. The van der Waals surface area contributed by atoms with Crippen molar-refractivity contribution in [2.75, 3.05) is 13.2 Å². The minimum atomic E-state index is -0.0156. The van der Waals surface area contributed by atoms with Gasteiger partial charge in [-0.1, -0.05) is 36.4 Å². The fourth-order valence-corrected chi connectivity index (χ4v) is 2.92. The lowest BCUT2D eigenvalue weighted by Crippen LogP contribution is -2.17. The Kier molecular flexibility index (Phi) is 6.41. The average molecular weight is 361 g/mol. The van der Waals surface area contributed by atoms with E-state index in [1.54, 1.807) is 18.5 Å². The molecular formula is C22H23N3O2. The Labute approximate surface area is 159 Å². The van der Waals surface area contributed by atoms with Gasteiger partial charge in [0.1, 0.15) is 5.69 Å². The molecule has 5 nitrogen and oxygen atoms in total. The van der Waals surface area contributed by atoms with E-state index < -0.39 is 0 Å². The number of carbonyl (C=O) groups is 1. The predicted octanol–water partition coefficient (Wildman–Crippen LogP) is 2.96. The molecule has 2 heterocycles. The fraction of sp³-hybridized carbons (Fsp3) is 0.227. The number of aliphatic hydroxyl groups excluding tert-OH is 1. The van der Waals surface area contributed by atoms with Gasteiger partial charge in [-0.05, 0) is 35.7 Å². The predicted molar refractivity (Wildman–Crippen MR) is 105 cm³/mol. The van der Waals surface area contributed by atoms with Crippen LogP contribution in [0, 0.1) is 6.92 Å². The molecule has 0 aliphatic rings. The summed E-state index contributed by atoms with van der Waals surface area (Å²) in [5.41, 5.74) is 5.36. The first-order valence-electron chi connectivity index (χ1n) is 8.98. The summed E-state index contributed by atoms with van der Waals surface area (Å²) < 4.78 is 0. The van der Waals surface area contributed by atoms with Crippen molar-refractivity contribution in [3.05, 3.63) is 83.3 Å². The second kappa shape index (κ2) is 9.16. The van der Waals surface area contributed by atoms with E-state index in [1.807, 2.05) is 49.4 Å². The third-order valence-electron chi connectivity index (χ3n) is 4.44. The van der Waals surface area contributed by atoms with Crippen LogP contribution in [0.15, 0.2) is 60.9 Å². The molecule has 0 aliphatic carbocycles. The average Bonchev–Trinajstić information content (AvgIpc) is 2.71. The standard InChI is InChI=1S/C22H23N3O2/c1-16-19(9-10-24-22(16)18-5-3-2-4-6-18)13-21(27)20-8-7-17(15-25-20)14-23-11-12-26/h2-10,15,23,26H,11-14H2,1H3. The van der Waals surface area contributed by atoms with E-state index >= 15 is 0 Å². The van der Waals surface area contributed by atoms with Crippen molar-refractivity contribution in [3.8, 4) is 11.3 Å². The second-order valence-corrected chi connectivity index (χ2v) is 6.36. The molecular weight excluding hydrogens is 338 g/mol. The van der Waals surface area contributed by atoms with Gasteiger partial charge in [-0.2, -0.15) is 0 Å². The maximum absolute atomic E-state index is 12.7. The molecule has 0 amide bonds. The summed E-state index contributed by atoms with van der Waals surface area (Å²) in [5.74, 6) is -0.0156. The van der Waals surface area contributed by atoms with E-state index in [0.717, 1.165) is 27.9 Å². The molecule has 2 N–H and O–H groups in total. The fourth-order valence-electron chi connectivity index (χ4n) is 2.92. The molecule has 0 saturated heterocycles. The van der Waals surface area contributed by atoms with Crippen molar-refractivity contribution in [2.45, 2.75) is 19.9 Å². The number of benzene rings is 1. The molecule has 2 aromatic heterocycles. The Hall–Kier alpha value is -2.89. The van der Waals surface area contributed by atoms with Crippen LogP contribution in [0.2, 0.25) is 0 Å². The van der Waals surface area contributed by atoms with Crippen molar-refractivity contribution in [3.63, 3.8) is 0 Å². The summed E-state index contributed by atoms with van der Waals surface area (Å²) in [7, 11) is 0. The lowest BCUT2D eigenvalue weighted by molar-refractivity contribution is 0.0988. The number of aliphatic hydroxyl groups is 1. The molecule has 3 aromatic rings. The molecule has 0 bridgehead atoms. The van der Waals surface area contributed by atoms with Crippen LogP contribution in [0.4, 0.5) is 0 Å². The zero-order valence-corrected chi connectivity index (χ0v) is 15.4. The third-order valence-corrected chi connectivity index (χ3v) is 4.44. The summed E-state index contributed by atoms with van der Waals surface area (Å²) in [6.07, 6.45) is 3.75. The number of carbonyl (C=O) groups excluding carboxylic acids is 1. The Bertz CT molecular complexity index is 893. The van der Waals surface area contributed by atoms with E-state index in [1.165, 1.54) is 0 Å². The summed E-state index contributed by atoms with van der Waals surface area (Å²) in [6, 6.07) is 15.5. The molecule has 1 aromatic carbocycles. The molecule has 138 valence electrons. The highest BCUT2D eigenvalue weighted by atomic mass is 16.3. The van der Waals surface area contributed by atoms with Crippen LogP contribution < -0.4 is 5.32 Å². The molecule has 0 saturated carbocycles. The minimum absolute atomic E-state index is 0.0156. The van der Waals surface area contributed by atoms with Gasteiger partial charge in [0.05, 0.1) is 12.3 Å². The summed E-state index contributed by atoms with van der Waals surface area (Å²) >= 11 is 0. The van der Waals surface area contributed by atoms with E-state index in [9.17, 15) is 4.79 Å². The topological polar surface area (TPSA) is 75.1 Å². The van der Waals surface area contributed by atoms with Gasteiger partial charge in [0.2, 0.25) is 0 Å². The molecule has 5 heteroatoms. The van der Waals surface area contributed by atoms with E-state index in [4.69, 9.17) is 5.11 Å². The first-order valence-corrected chi connectivity index (χ1v) is 8.98. The normalized spacial score (nSPS) is 10.7. The number of ketones is 1. The van der Waals surface area contributed by atoms with Crippen molar-refractivity contribution in [2.24, 2.45) is 0 Å². The number of nitrogens with zero attached hydrogens (tertiary/aromatic N) is 2. The van der Waals surface area contributed by atoms with Gasteiger partial charge in [-0.25, -0.2) is 0 Å². The number of aromatic nitrogens is 2. The smallest absolute Gasteiger partial charge is 0.185 e. The molecule has 0 radical (unpaired) electrons. The molecule has 3 rings (SSSR count). The molecule has 0 unspecified atom stereocenters. The van der Waals surface area contributed by atoms with Gasteiger partial charge < -0.3 is 10.4 Å². The van der Waals surface area contributed by atoms with Crippen LogP contribution in [0.3, 0.4) is 0 Å². The van der Waals surface area contributed by atoms with Gasteiger partial charge in [0.15, 0.2) is 5.78 Å². The highest BCUT2D eigenvalue weighted by molar-refractivity contribution is 5.96. The minimum Gasteiger partial charge on any atom is -0.395 e. The highest BCUT2D eigenvalue weighted by Gasteiger charge is 2.13. The van der Waals surface area contributed by atoms with Crippen LogP contribution >= 0.6 is 0 Å². The first-order chi connectivity index (χ1) is 13.2. The van der Waals surface area contributed by atoms with Crippen molar-refractivity contribution in [1.29, 1.82) is 0 Å². The third kappa shape index (κ3) is 4.84. The molecule has 27 heavy (non-hydrogen) atoms. The van der Waals surface area contributed by atoms with Crippen LogP contribution in [-0.2, 0) is 13.0 Å². The highest BCUT2D eigenvalue weighted by Crippen LogP contribution is 2.23. The van der Waals surface area contributed by atoms with Gasteiger partial charge in [-0.15, -0.1) is 0 Å². The number of rotatable bonds is 8. The molecule has 0 atom stereocenters. The van der Waals surface area contributed by atoms with E-state index in [0.29, 0.717) is 25.2 Å². The van der Waals surface area contributed by atoms with Crippen LogP contribution in [-0.4, -0.2) is 34.0 Å². The zero-order chi connectivity index (χ0) is 19.1. The number of hydrogen-bond donors (Lipinski definition) is 2. The number of Topliss-reactive ketones (excluding diaryl/α,β-unsaturated/α-hetero) is 1. The van der Waals surface area contributed by atoms with E-state index in [2.05, 4.69) is 15.3 Å². The molecule has 0 fully saturated rings. The maximum Gasteiger partial charge on any atom is 0.185 e. The van der Waals surface area contributed by atoms with Crippen molar-refractivity contribution in [1.82, 2.24) is 15.3 Å². The number of nitrogens with one attached hydrogen (secondary N) is 1. The van der Waals surface area contributed by atoms with Gasteiger partial charge in [0, 0.05) is 37.5 Å². The molecule has 0 spiro atoms. The monoisotopic (exact) mass is 361 g/mol. The number of pyridine rings is 2. The Morgan fingerprint density at radius 1 is 1.07 bits per heavy atom. The van der Waals surface area contributed by atoms with E-state index in [-0.39, 0.29) is 12.4 Å². The zero-order valence-electron chi connectivity index (χ0n) is 15.4. The van der Waals surface area contributed by atoms with Gasteiger partial charge in [-0.3, -0.25) is 14.8 Å². The Morgan fingerprint density at radius 2 is 1.89 bits per heavy atom. The molecule has 0 aliphatic heterocycles. The van der Waals surface area contributed by atoms with Gasteiger partial charge >= 0.3 is 0 Å². The first kappa shape index (κ1) is 18.9. The largest absolute Gasteiger partial charge is 0.395 e. The van der Waals surface area contributed by atoms with Crippen molar-refractivity contribution >= 4 is 5.78 Å². The Balaban J connectivity index is 1.73. The number of hydrogen-bond acceptors (Lipinski definition) is 5. The van der Waals surface area contributed by atoms with Gasteiger partial charge in [0.25, 0.3) is 0 Å². The Morgan fingerprint density at radius 3 is 2.59 bits per heavy atom. The maximum atomic E-state index is 12.7. The lowest BCUT2D eigenvalue weighted by atomic mass is 9.98. The van der Waals surface area contributed by atoms with Crippen LogP contribution in [0.5, 0.6) is 0 Å². The summed E-state index contributed by atoms with van der Waals surface area (Å²) in [6.45, 7) is 3.25. The van der Waals surface area contributed by atoms with Crippen molar-refractivity contribution < 1.29 is 9.90 Å². The van der Waals surface area contributed by atoms with Crippen LogP contribution in [0.1, 0.15) is 27.2 Å². The summed E-state index contributed by atoms with van der Waals surface area (Å²) in [5, 5.41) is 11.9.